The van der Waals surface area contributed by atoms with Crippen LogP contribution in [0.1, 0.15) is 41.2 Å². The molecule has 0 atom stereocenters. The van der Waals surface area contributed by atoms with Crippen molar-refractivity contribution < 1.29 is 18.8 Å². The zero-order chi connectivity index (χ0) is 22.4. The molecular formula is C23H32N4O4. The van der Waals surface area contributed by atoms with Gasteiger partial charge in [0.2, 0.25) is 5.91 Å². The number of aryl methyl sites for hydroxylation is 2. The minimum Gasteiger partial charge on any atom is -0.489 e. The Bertz CT molecular complexity index is 879. The molecule has 1 aromatic heterocycles. The number of hydrogen-bond acceptors (Lipinski definition) is 6. The largest absolute Gasteiger partial charge is 0.489 e. The van der Waals surface area contributed by atoms with Crippen LogP contribution in [0.3, 0.4) is 0 Å². The standard InChI is InChI=1S/C23H32N4O4/c1-5-26(6-2)22(28)15-25-10-12-27(13-11-25)23(29)19-8-7-9-20(14-19)30-16-21-17(3)24-31-18(21)4/h7-9,14H,5-6,10-13,15-16H2,1-4H3. The van der Waals surface area contributed by atoms with E-state index in [1.54, 1.807) is 12.1 Å². The quantitative estimate of drug-likeness (QED) is 0.643. The van der Waals surface area contributed by atoms with Crippen molar-refractivity contribution in [2.24, 2.45) is 0 Å². The number of rotatable bonds is 8. The van der Waals surface area contributed by atoms with Gasteiger partial charge in [-0.25, -0.2) is 0 Å². The molecule has 2 aromatic rings. The van der Waals surface area contributed by atoms with Crippen molar-refractivity contribution in [3.63, 3.8) is 0 Å². The highest BCUT2D eigenvalue weighted by atomic mass is 16.5. The number of likely N-dealkylation sites (N-methyl/N-ethyl adjacent to an activating group) is 1. The second-order valence-electron chi connectivity index (χ2n) is 7.75. The maximum Gasteiger partial charge on any atom is 0.254 e. The molecule has 0 bridgehead atoms. The monoisotopic (exact) mass is 428 g/mol. The maximum absolute atomic E-state index is 13.0. The van der Waals surface area contributed by atoms with Gasteiger partial charge in [0.1, 0.15) is 18.1 Å². The topological polar surface area (TPSA) is 79.1 Å². The second kappa shape index (κ2) is 10.4. The molecule has 3 rings (SSSR count). The summed E-state index contributed by atoms with van der Waals surface area (Å²) < 4.78 is 11.0. The minimum atomic E-state index is -0.0162. The van der Waals surface area contributed by atoms with Gasteiger partial charge in [-0.15, -0.1) is 0 Å². The van der Waals surface area contributed by atoms with E-state index in [1.807, 2.05) is 49.6 Å². The molecule has 1 aromatic carbocycles. The first-order valence-corrected chi connectivity index (χ1v) is 10.9. The van der Waals surface area contributed by atoms with Crippen molar-refractivity contribution in [1.82, 2.24) is 19.9 Å². The van der Waals surface area contributed by atoms with Crippen LogP contribution in [0.15, 0.2) is 28.8 Å². The molecule has 8 heteroatoms. The lowest BCUT2D eigenvalue weighted by Crippen LogP contribution is -2.51. The number of carbonyl (C=O) groups is 2. The molecular weight excluding hydrogens is 396 g/mol. The highest BCUT2D eigenvalue weighted by molar-refractivity contribution is 5.94. The zero-order valence-electron chi connectivity index (χ0n) is 18.9. The van der Waals surface area contributed by atoms with Gasteiger partial charge in [-0.1, -0.05) is 11.2 Å². The minimum absolute atomic E-state index is 0.0162. The molecule has 1 aliphatic rings. The molecule has 0 aliphatic carbocycles. The van der Waals surface area contributed by atoms with Gasteiger partial charge in [0.05, 0.1) is 17.8 Å². The number of amides is 2. The molecule has 1 aliphatic heterocycles. The van der Waals surface area contributed by atoms with Crippen molar-refractivity contribution >= 4 is 11.8 Å². The van der Waals surface area contributed by atoms with Gasteiger partial charge in [0.25, 0.3) is 5.91 Å². The first-order chi connectivity index (χ1) is 14.9. The van der Waals surface area contributed by atoms with E-state index in [1.165, 1.54) is 0 Å². The van der Waals surface area contributed by atoms with Crippen LogP contribution in [0.5, 0.6) is 5.75 Å². The van der Waals surface area contributed by atoms with Crippen LogP contribution in [-0.4, -0.2) is 77.5 Å². The summed E-state index contributed by atoms with van der Waals surface area (Å²) in [4.78, 5) is 31.1. The number of nitrogens with zero attached hydrogens (tertiary/aromatic N) is 4. The number of hydrogen-bond donors (Lipinski definition) is 0. The molecule has 168 valence electrons. The molecule has 8 nitrogen and oxygen atoms in total. The Labute approximate surface area is 183 Å². The van der Waals surface area contributed by atoms with Crippen LogP contribution >= 0.6 is 0 Å². The summed E-state index contributed by atoms with van der Waals surface area (Å²) in [5.41, 5.74) is 2.33. The summed E-state index contributed by atoms with van der Waals surface area (Å²) in [6.07, 6.45) is 0. The highest BCUT2D eigenvalue weighted by Gasteiger charge is 2.24. The van der Waals surface area contributed by atoms with Gasteiger partial charge in [0, 0.05) is 44.8 Å². The summed E-state index contributed by atoms with van der Waals surface area (Å²) in [5, 5.41) is 3.94. The molecule has 1 saturated heterocycles. The highest BCUT2D eigenvalue weighted by Crippen LogP contribution is 2.20. The molecule has 31 heavy (non-hydrogen) atoms. The van der Waals surface area contributed by atoms with Gasteiger partial charge in [-0.3, -0.25) is 14.5 Å². The number of ether oxygens (including phenoxy) is 1. The average molecular weight is 429 g/mol. The van der Waals surface area contributed by atoms with Crippen LogP contribution in [0.25, 0.3) is 0 Å². The predicted molar refractivity (Wildman–Crippen MR) is 117 cm³/mol. The van der Waals surface area contributed by atoms with E-state index in [2.05, 4.69) is 10.1 Å². The van der Waals surface area contributed by atoms with Gasteiger partial charge >= 0.3 is 0 Å². The van der Waals surface area contributed by atoms with Crippen LogP contribution < -0.4 is 4.74 Å². The molecule has 2 heterocycles. The summed E-state index contributed by atoms with van der Waals surface area (Å²) in [7, 11) is 0. The lowest BCUT2D eigenvalue weighted by atomic mass is 10.1. The van der Waals surface area contributed by atoms with Crippen molar-refractivity contribution in [3.05, 3.63) is 46.8 Å². The molecule has 0 radical (unpaired) electrons. The van der Waals surface area contributed by atoms with Gasteiger partial charge in [-0.05, 0) is 45.9 Å². The van der Waals surface area contributed by atoms with E-state index in [0.29, 0.717) is 50.6 Å². The third kappa shape index (κ3) is 5.64. The lowest BCUT2D eigenvalue weighted by molar-refractivity contribution is -0.132. The molecule has 0 unspecified atom stereocenters. The summed E-state index contributed by atoms with van der Waals surface area (Å²) in [6, 6.07) is 7.25. The Morgan fingerprint density at radius 2 is 1.84 bits per heavy atom. The summed E-state index contributed by atoms with van der Waals surface area (Å²) in [5.74, 6) is 1.50. The molecule has 0 saturated carbocycles. The third-order valence-corrected chi connectivity index (χ3v) is 5.78. The fourth-order valence-electron chi connectivity index (χ4n) is 3.74. The zero-order valence-corrected chi connectivity index (χ0v) is 18.9. The number of carbonyl (C=O) groups excluding carboxylic acids is 2. The van der Waals surface area contributed by atoms with E-state index in [0.717, 1.165) is 30.1 Å². The van der Waals surface area contributed by atoms with Gasteiger partial charge in [0.15, 0.2) is 0 Å². The van der Waals surface area contributed by atoms with Crippen molar-refractivity contribution in [1.29, 1.82) is 0 Å². The first-order valence-electron chi connectivity index (χ1n) is 10.9. The average Bonchev–Trinajstić information content (AvgIpc) is 3.10. The van der Waals surface area contributed by atoms with Crippen LogP contribution in [-0.2, 0) is 11.4 Å². The normalized spacial score (nSPS) is 14.5. The van der Waals surface area contributed by atoms with E-state index < -0.39 is 0 Å². The van der Waals surface area contributed by atoms with Crippen molar-refractivity contribution in [2.75, 3.05) is 45.8 Å². The smallest absolute Gasteiger partial charge is 0.254 e. The lowest BCUT2D eigenvalue weighted by Gasteiger charge is -2.35. The SMILES string of the molecule is CCN(CC)C(=O)CN1CCN(C(=O)c2cccc(OCc3c(C)noc3C)c2)CC1. The molecule has 0 spiro atoms. The fourth-order valence-corrected chi connectivity index (χ4v) is 3.74. The summed E-state index contributed by atoms with van der Waals surface area (Å²) >= 11 is 0. The summed E-state index contributed by atoms with van der Waals surface area (Å²) in [6.45, 7) is 12.5. The second-order valence-corrected chi connectivity index (χ2v) is 7.75. The fraction of sp³-hybridized carbons (Fsp3) is 0.522. The number of aromatic nitrogens is 1. The van der Waals surface area contributed by atoms with Crippen LogP contribution in [0.2, 0.25) is 0 Å². The molecule has 2 amide bonds. The van der Waals surface area contributed by atoms with E-state index in [-0.39, 0.29) is 11.8 Å². The third-order valence-electron chi connectivity index (χ3n) is 5.78. The van der Waals surface area contributed by atoms with Crippen LogP contribution in [0, 0.1) is 13.8 Å². The van der Waals surface area contributed by atoms with E-state index in [4.69, 9.17) is 9.26 Å². The first kappa shape index (κ1) is 22.8. The van der Waals surface area contributed by atoms with E-state index in [9.17, 15) is 9.59 Å². The Morgan fingerprint density at radius 3 is 2.45 bits per heavy atom. The number of piperazine rings is 1. The predicted octanol–water partition coefficient (Wildman–Crippen LogP) is 2.50. The molecule has 0 N–H and O–H groups in total. The van der Waals surface area contributed by atoms with Gasteiger partial charge < -0.3 is 19.1 Å². The Kier molecular flexibility index (Phi) is 7.68. The van der Waals surface area contributed by atoms with Gasteiger partial charge in [-0.2, -0.15) is 0 Å². The molecule has 1 fully saturated rings. The maximum atomic E-state index is 13.0. The Balaban J connectivity index is 1.54. The van der Waals surface area contributed by atoms with Crippen molar-refractivity contribution in [3.8, 4) is 5.75 Å². The number of benzene rings is 1. The van der Waals surface area contributed by atoms with Crippen molar-refractivity contribution in [2.45, 2.75) is 34.3 Å². The van der Waals surface area contributed by atoms with Crippen LogP contribution in [0.4, 0.5) is 0 Å². The Morgan fingerprint density at radius 1 is 1.13 bits per heavy atom. The van der Waals surface area contributed by atoms with E-state index >= 15 is 0 Å². The Hall–Kier alpha value is -2.87.